The molecule has 0 bridgehead atoms. The molecule has 0 saturated carbocycles. The third-order valence-electron chi connectivity index (χ3n) is 5.11. The lowest BCUT2D eigenvalue weighted by atomic mass is 9.86. The van der Waals surface area contributed by atoms with Crippen molar-refractivity contribution >= 4 is 12.0 Å². The fraction of sp³-hybridized carbons (Fsp3) is 0.440. The molecular weight excluding hydrogens is 429 g/mol. The Morgan fingerprint density at radius 2 is 1.85 bits per heavy atom. The number of aromatic nitrogens is 1. The highest BCUT2D eigenvalue weighted by Crippen LogP contribution is 2.37. The number of hydrogen-bond donors (Lipinski definition) is 5. The maximum absolute atomic E-state index is 13.8. The molecule has 8 heteroatoms. The molecule has 0 aliphatic heterocycles. The van der Waals surface area contributed by atoms with Crippen LogP contribution in [0.3, 0.4) is 0 Å². The van der Waals surface area contributed by atoms with Gasteiger partial charge >= 0.3 is 5.97 Å². The summed E-state index contributed by atoms with van der Waals surface area (Å²) in [4.78, 5) is 15.2. The van der Waals surface area contributed by atoms with E-state index in [9.17, 15) is 29.6 Å². The lowest BCUT2D eigenvalue weighted by Gasteiger charge is -2.23. The average Bonchev–Trinajstić information content (AvgIpc) is 2.80. The van der Waals surface area contributed by atoms with E-state index in [-0.39, 0.29) is 27.9 Å². The molecule has 1 aromatic heterocycles. The van der Waals surface area contributed by atoms with Crippen LogP contribution in [-0.2, 0) is 11.4 Å². The first-order chi connectivity index (χ1) is 18.0. The van der Waals surface area contributed by atoms with Crippen molar-refractivity contribution in [1.82, 2.24) is 4.98 Å². The molecule has 180 valence electrons. The lowest BCUT2D eigenvalue weighted by Crippen LogP contribution is -2.19. The number of halogens is 1. The SMILES string of the molecule is [2H]C([2H])([2H])C(c1nc([C@H](C)CO)c(CO)c(-c2ccc(F)cc2)c1/C=C/[C@@H](O)C[C@@H](O)CC(=O)O)C([2H])([2H])[2H]. The molecular formula is C25H32FNO6. The fourth-order valence-electron chi connectivity index (χ4n) is 3.51. The monoisotopic (exact) mass is 467 g/mol. The normalized spacial score (nSPS) is 18.0. The number of carbonyl (C=O) groups is 1. The van der Waals surface area contributed by atoms with Gasteiger partial charge in [-0.1, -0.05) is 44.9 Å². The third-order valence-corrected chi connectivity index (χ3v) is 5.11. The largest absolute Gasteiger partial charge is 0.481 e. The number of carboxylic acids is 1. The lowest BCUT2D eigenvalue weighted by molar-refractivity contribution is -0.139. The maximum atomic E-state index is 13.8. The third kappa shape index (κ3) is 6.91. The molecule has 2 rings (SSSR count). The van der Waals surface area contributed by atoms with Crippen LogP contribution < -0.4 is 0 Å². The van der Waals surface area contributed by atoms with Gasteiger partial charge in [-0.2, -0.15) is 0 Å². The Morgan fingerprint density at radius 1 is 1.18 bits per heavy atom. The van der Waals surface area contributed by atoms with E-state index in [0.29, 0.717) is 0 Å². The van der Waals surface area contributed by atoms with E-state index in [0.717, 1.165) is 18.2 Å². The molecule has 0 unspecified atom stereocenters. The summed E-state index contributed by atoms with van der Waals surface area (Å²) < 4.78 is 61.8. The van der Waals surface area contributed by atoms with Crippen LogP contribution in [0, 0.1) is 5.82 Å². The first kappa shape index (κ1) is 18.7. The molecule has 1 heterocycles. The van der Waals surface area contributed by atoms with Crippen molar-refractivity contribution in [2.24, 2.45) is 0 Å². The summed E-state index contributed by atoms with van der Waals surface area (Å²) in [5, 5.41) is 49.3. The van der Waals surface area contributed by atoms with Crippen LogP contribution in [0.1, 0.15) is 76.0 Å². The molecule has 5 N–H and O–H groups in total. The summed E-state index contributed by atoms with van der Waals surface area (Å²) in [6.07, 6.45) is -1.57. The van der Waals surface area contributed by atoms with Crippen molar-refractivity contribution in [3.05, 3.63) is 58.7 Å². The van der Waals surface area contributed by atoms with Gasteiger partial charge in [0.15, 0.2) is 0 Å². The number of aliphatic hydroxyl groups excluding tert-OH is 4. The molecule has 2 aromatic rings. The maximum Gasteiger partial charge on any atom is 0.305 e. The fourth-order valence-corrected chi connectivity index (χ4v) is 3.51. The van der Waals surface area contributed by atoms with Crippen molar-refractivity contribution in [3.8, 4) is 11.1 Å². The predicted molar refractivity (Wildman–Crippen MR) is 123 cm³/mol. The molecule has 7 nitrogen and oxygen atoms in total. The summed E-state index contributed by atoms with van der Waals surface area (Å²) in [6, 6.07) is 4.90. The summed E-state index contributed by atoms with van der Waals surface area (Å²) in [7, 11) is 0. The molecule has 0 fully saturated rings. The van der Waals surface area contributed by atoms with E-state index >= 15 is 0 Å². The second-order valence-corrected chi connectivity index (χ2v) is 7.75. The highest BCUT2D eigenvalue weighted by molar-refractivity contribution is 5.80. The number of aliphatic hydroxyl groups is 4. The zero-order valence-electron chi connectivity index (χ0n) is 24.1. The zero-order valence-corrected chi connectivity index (χ0v) is 18.1. The van der Waals surface area contributed by atoms with Gasteiger partial charge in [0.25, 0.3) is 0 Å². The Morgan fingerprint density at radius 3 is 2.39 bits per heavy atom. The van der Waals surface area contributed by atoms with Crippen molar-refractivity contribution in [1.29, 1.82) is 0 Å². The second-order valence-electron chi connectivity index (χ2n) is 7.75. The van der Waals surface area contributed by atoms with Crippen molar-refractivity contribution in [3.63, 3.8) is 0 Å². The summed E-state index contributed by atoms with van der Waals surface area (Å²) in [5.74, 6) is -4.77. The molecule has 0 saturated heterocycles. The van der Waals surface area contributed by atoms with Crippen molar-refractivity contribution < 1.29 is 42.9 Å². The smallest absolute Gasteiger partial charge is 0.305 e. The van der Waals surface area contributed by atoms with E-state index < -0.39 is 81.3 Å². The van der Waals surface area contributed by atoms with Gasteiger partial charge < -0.3 is 25.5 Å². The van der Waals surface area contributed by atoms with Gasteiger partial charge in [-0.15, -0.1) is 0 Å². The Bertz CT molecular complexity index is 1160. The minimum atomic E-state index is -3.09. The van der Waals surface area contributed by atoms with Gasteiger partial charge in [-0.25, -0.2) is 4.39 Å². The second kappa shape index (κ2) is 12.0. The number of aliphatic carboxylic acids is 1. The van der Waals surface area contributed by atoms with E-state index in [2.05, 4.69) is 4.98 Å². The zero-order chi connectivity index (χ0) is 29.7. The van der Waals surface area contributed by atoms with E-state index in [1.165, 1.54) is 18.2 Å². The number of rotatable bonds is 11. The van der Waals surface area contributed by atoms with Crippen LogP contribution in [0.15, 0.2) is 30.3 Å². The van der Waals surface area contributed by atoms with E-state index in [1.807, 2.05) is 0 Å². The van der Waals surface area contributed by atoms with Gasteiger partial charge in [0.1, 0.15) is 5.82 Å². The average molecular weight is 468 g/mol. The van der Waals surface area contributed by atoms with Gasteiger partial charge in [0, 0.05) is 31.7 Å². The predicted octanol–water partition coefficient (Wildman–Crippen LogP) is 3.20. The Labute approximate surface area is 201 Å². The molecule has 0 aliphatic carbocycles. The van der Waals surface area contributed by atoms with Crippen molar-refractivity contribution in [2.45, 2.75) is 64.1 Å². The molecule has 0 radical (unpaired) electrons. The number of hydrogen-bond acceptors (Lipinski definition) is 6. The Kier molecular flexibility index (Phi) is 6.81. The summed E-state index contributed by atoms with van der Waals surface area (Å²) >= 11 is 0. The van der Waals surface area contributed by atoms with E-state index in [4.69, 9.17) is 13.3 Å². The minimum Gasteiger partial charge on any atom is -0.481 e. The molecule has 33 heavy (non-hydrogen) atoms. The van der Waals surface area contributed by atoms with Crippen molar-refractivity contribution in [2.75, 3.05) is 6.61 Å². The first-order valence-corrected chi connectivity index (χ1v) is 10.3. The van der Waals surface area contributed by atoms with Gasteiger partial charge in [-0.3, -0.25) is 9.78 Å². The van der Waals surface area contributed by atoms with Crippen LogP contribution in [0.25, 0.3) is 17.2 Å². The highest BCUT2D eigenvalue weighted by atomic mass is 19.1. The molecule has 1 aromatic carbocycles. The van der Waals surface area contributed by atoms with Gasteiger partial charge in [-0.05, 0) is 29.2 Å². The molecule has 0 amide bonds. The quantitative estimate of drug-likeness (QED) is 0.343. The summed E-state index contributed by atoms with van der Waals surface area (Å²) in [6.45, 7) is -5.76. The van der Waals surface area contributed by atoms with Crippen LogP contribution in [0.5, 0.6) is 0 Å². The van der Waals surface area contributed by atoms with E-state index in [1.54, 1.807) is 6.92 Å². The van der Waals surface area contributed by atoms with Gasteiger partial charge in [0.05, 0.1) is 43.2 Å². The highest BCUT2D eigenvalue weighted by Gasteiger charge is 2.24. The van der Waals surface area contributed by atoms with Crippen LogP contribution in [0.4, 0.5) is 4.39 Å². The molecule has 0 aliphatic rings. The Balaban J connectivity index is 2.97. The molecule has 3 atom stereocenters. The van der Waals surface area contributed by atoms with Crippen LogP contribution in [-0.4, -0.2) is 55.3 Å². The van der Waals surface area contributed by atoms with Crippen LogP contribution in [0.2, 0.25) is 0 Å². The molecule has 0 spiro atoms. The van der Waals surface area contributed by atoms with Crippen LogP contribution >= 0.6 is 0 Å². The minimum absolute atomic E-state index is 0.0439. The summed E-state index contributed by atoms with van der Waals surface area (Å²) in [5.41, 5.74) is 0.0420. The number of carboxylic acid groups (broad SMARTS) is 1. The number of pyridine rings is 1. The number of nitrogens with zero attached hydrogens (tertiary/aromatic N) is 1. The Hall–Kier alpha value is -2.65. The standard InChI is InChI=1S/C25H32FNO6/c1-14(2)24-20(9-8-18(30)10-19(31)11-22(32)33)23(16-4-6-17(26)7-5-16)21(13-29)25(27-24)15(3)12-28/h4-9,14-15,18-19,28-31H,10-13H2,1-3H3,(H,32,33)/b9-8+/t15-,18-,19-/m1/s1/i1D3,2D3. The number of benzene rings is 1. The van der Waals surface area contributed by atoms with Gasteiger partial charge in [0.2, 0.25) is 0 Å². The topological polar surface area (TPSA) is 131 Å². The first-order valence-electron chi connectivity index (χ1n) is 13.3.